The van der Waals surface area contributed by atoms with Gasteiger partial charge < -0.3 is 16.4 Å². The molecular weight excluding hydrogens is 166 g/mol. The number of nitrogens with zero attached hydrogens (tertiary/aromatic N) is 1. The second kappa shape index (κ2) is 2.77. The number of rotatable bonds is 1. The van der Waals surface area contributed by atoms with Gasteiger partial charge in [-0.3, -0.25) is 0 Å². The highest BCUT2D eigenvalue weighted by atomic mass is 16.5. The first-order valence-electron chi connectivity index (χ1n) is 4.51. The minimum Gasteiger partial charge on any atom is -0.325 e. The van der Waals surface area contributed by atoms with Crippen LogP contribution in [0.15, 0.2) is 0 Å². The van der Waals surface area contributed by atoms with Gasteiger partial charge in [-0.2, -0.15) is 5.06 Å². The van der Waals surface area contributed by atoms with Crippen molar-refractivity contribution in [3.05, 3.63) is 0 Å². The van der Waals surface area contributed by atoms with Crippen molar-refractivity contribution >= 4 is 6.21 Å². The summed E-state index contributed by atoms with van der Waals surface area (Å²) in [5, 5.41) is 18.5. The van der Waals surface area contributed by atoms with E-state index in [4.69, 9.17) is 11.1 Å². The van der Waals surface area contributed by atoms with Gasteiger partial charge in [-0.25, -0.2) is 0 Å². The van der Waals surface area contributed by atoms with Crippen LogP contribution in [-0.2, 0) is 0 Å². The maximum Gasteiger partial charge on any atom is 0.0568 e. The fraction of sp³-hybridized carbons (Fsp3) is 0.889. The van der Waals surface area contributed by atoms with Crippen molar-refractivity contribution in [1.82, 2.24) is 5.06 Å². The third-order valence-electron chi connectivity index (χ3n) is 3.29. The van der Waals surface area contributed by atoms with Crippen molar-refractivity contribution in [1.29, 1.82) is 5.41 Å². The molecule has 1 aliphatic rings. The lowest BCUT2D eigenvalue weighted by molar-refractivity contribution is -0.195. The van der Waals surface area contributed by atoms with E-state index in [2.05, 4.69) is 0 Å². The molecule has 1 fully saturated rings. The summed E-state index contributed by atoms with van der Waals surface area (Å²) >= 11 is 0. The largest absolute Gasteiger partial charge is 0.325 e. The fourth-order valence-electron chi connectivity index (χ4n) is 2.21. The zero-order chi connectivity index (χ0) is 10.4. The molecule has 2 unspecified atom stereocenters. The van der Waals surface area contributed by atoms with E-state index in [1.807, 2.05) is 27.7 Å². The molecule has 2 atom stereocenters. The molecule has 0 aromatic carbocycles. The van der Waals surface area contributed by atoms with Crippen LogP contribution in [0.1, 0.15) is 27.7 Å². The highest BCUT2D eigenvalue weighted by Crippen LogP contribution is 2.41. The number of nitrogens with two attached hydrogens (primary N) is 1. The van der Waals surface area contributed by atoms with Crippen LogP contribution >= 0.6 is 0 Å². The molecule has 0 bridgehead atoms. The van der Waals surface area contributed by atoms with Gasteiger partial charge in [0, 0.05) is 18.2 Å². The molecule has 0 spiro atoms. The van der Waals surface area contributed by atoms with Gasteiger partial charge >= 0.3 is 0 Å². The molecule has 0 aromatic heterocycles. The number of hydroxylamine groups is 2. The molecule has 1 aliphatic heterocycles. The normalized spacial score (nSPS) is 37.7. The van der Waals surface area contributed by atoms with Crippen LogP contribution < -0.4 is 5.73 Å². The van der Waals surface area contributed by atoms with Crippen LogP contribution in [0.2, 0.25) is 0 Å². The molecule has 4 nitrogen and oxygen atoms in total. The Kier molecular flexibility index (Phi) is 2.26. The molecule has 0 radical (unpaired) electrons. The molecule has 4 heteroatoms. The van der Waals surface area contributed by atoms with Gasteiger partial charge in [0.2, 0.25) is 0 Å². The third-order valence-corrected chi connectivity index (χ3v) is 3.29. The van der Waals surface area contributed by atoms with Crippen LogP contribution in [0.5, 0.6) is 0 Å². The Hall–Kier alpha value is -0.450. The summed E-state index contributed by atoms with van der Waals surface area (Å²) in [7, 11) is 0. The van der Waals surface area contributed by atoms with E-state index in [0.717, 1.165) is 0 Å². The predicted octanol–water partition coefficient (Wildman–Crippen LogP) is 0.841. The molecule has 0 aromatic rings. The zero-order valence-electron chi connectivity index (χ0n) is 8.70. The Morgan fingerprint density at radius 1 is 1.31 bits per heavy atom. The first kappa shape index (κ1) is 10.6. The lowest BCUT2D eigenvalue weighted by Crippen LogP contribution is -2.50. The molecular formula is C9H19N3O. The van der Waals surface area contributed by atoms with E-state index in [1.54, 1.807) is 0 Å². The van der Waals surface area contributed by atoms with Crippen LogP contribution in [0.4, 0.5) is 0 Å². The standard InChI is InChI=1S/C9H19N3O/c1-8(2)6(5-10)7(11)9(3,4)12(8)13/h5-7,10,13H,11H2,1-4H3. The summed E-state index contributed by atoms with van der Waals surface area (Å²) in [5.74, 6) is -0.104. The van der Waals surface area contributed by atoms with Gasteiger partial charge in [-0.05, 0) is 27.7 Å². The topological polar surface area (TPSA) is 73.3 Å². The fourth-order valence-corrected chi connectivity index (χ4v) is 2.21. The summed E-state index contributed by atoms with van der Waals surface area (Å²) < 4.78 is 0. The quantitative estimate of drug-likeness (QED) is 0.530. The number of hydrogen-bond donors (Lipinski definition) is 3. The van der Waals surface area contributed by atoms with E-state index >= 15 is 0 Å². The van der Waals surface area contributed by atoms with E-state index in [9.17, 15) is 5.21 Å². The van der Waals surface area contributed by atoms with E-state index in [0.29, 0.717) is 0 Å². The second-order valence-electron chi connectivity index (χ2n) is 4.84. The van der Waals surface area contributed by atoms with Gasteiger partial charge in [-0.1, -0.05) is 0 Å². The van der Waals surface area contributed by atoms with Crippen molar-refractivity contribution < 1.29 is 5.21 Å². The maximum absolute atomic E-state index is 9.91. The predicted molar refractivity (Wildman–Crippen MR) is 52.0 cm³/mol. The van der Waals surface area contributed by atoms with Crippen molar-refractivity contribution in [3.63, 3.8) is 0 Å². The Bertz CT molecular complexity index is 225. The summed E-state index contributed by atoms with van der Waals surface area (Å²) in [5.41, 5.74) is 5.06. The summed E-state index contributed by atoms with van der Waals surface area (Å²) in [6.07, 6.45) is 1.34. The van der Waals surface area contributed by atoms with Crippen LogP contribution in [0, 0.1) is 11.3 Å². The Labute approximate surface area is 79.2 Å². The average molecular weight is 185 g/mol. The maximum atomic E-state index is 9.91. The van der Waals surface area contributed by atoms with Gasteiger partial charge in [0.15, 0.2) is 0 Å². The van der Waals surface area contributed by atoms with E-state index in [-0.39, 0.29) is 12.0 Å². The van der Waals surface area contributed by atoms with Gasteiger partial charge in [0.25, 0.3) is 0 Å². The summed E-state index contributed by atoms with van der Waals surface area (Å²) in [6, 6.07) is -0.204. The Morgan fingerprint density at radius 2 is 1.77 bits per heavy atom. The lowest BCUT2D eigenvalue weighted by Gasteiger charge is -2.35. The summed E-state index contributed by atoms with van der Waals surface area (Å²) in [4.78, 5) is 0. The average Bonchev–Trinajstić information content (AvgIpc) is 2.12. The molecule has 76 valence electrons. The summed E-state index contributed by atoms with van der Waals surface area (Å²) in [6.45, 7) is 7.58. The third kappa shape index (κ3) is 1.21. The SMILES string of the molecule is CC1(C)C(N)C(C=N)C(C)(C)N1O. The van der Waals surface area contributed by atoms with Crippen LogP contribution in [-0.4, -0.2) is 33.6 Å². The van der Waals surface area contributed by atoms with E-state index in [1.165, 1.54) is 11.3 Å². The Balaban J connectivity index is 3.11. The van der Waals surface area contributed by atoms with Crippen molar-refractivity contribution in [2.75, 3.05) is 0 Å². The van der Waals surface area contributed by atoms with Crippen LogP contribution in [0.3, 0.4) is 0 Å². The first-order valence-corrected chi connectivity index (χ1v) is 4.51. The molecule has 1 heterocycles. The highest BCUT2D eigenvalue weighted by molar-refractivity contribution is 5.62. The minimum atomic E-state index is -0.467. The lowest BCUT2D eigenvalue weighted by atomic mass is 9.84. The number of hydrogen-bond acceptors (Lipinski definition) is 4. The van der Waals surface area contributed by atoms with Crippen LogP contribution in [0.25, 0.3) is 0 Å². The highest BCUT2D eigenvalue weighted by Gasteiger charge is 2.56. The van der Waals surface area contributed by atoms with Crippen molar-refractivity contribution in [2.24, 2.45) is 11.7 Å². The molecule has 1 saturated heterocycles. The van der Waals surface area contributed by atoms with Gasteiger partial charge in [0.05, 0.1) is 11.1 Å². The monoisotopic (exact) mass is 185 g/mol. The molecule has 13 heavy (non-hydrogen) atoms. The zero-order valence-corrected chi connectivity index (χ0v) is 8.70. The molecule has 1 rings (SSSR count). The second-order valence-corrected chi connectivity index (χ2v) is 4.84. The van der Waals surface area contributed by atoms with E-state index < -0.39 is 11.1 Å². The van der Waals surface area contributed by atoms with Gasteiger partial charge in [0.1, 0.15) is 0 Å². The van der Waals surface area contributed by atoms with Crippen molar-refractivity contribution in [3.8, 4) is 0 Å². The molecule has 0 aliphatic carbocycles. The number of nitrogens with one attached hydrogen (secondary N) is 1. The molecule has 4 N–H and O–H groups in total. The first-order chi connectivity index (χ1) is 5.76. The Morgan fingerprint density at radius 3 is 1.92 bits per heavy atom. The smallest absolute Gasteiger partial charge is 0.0568 e. The van der Waals surface area contributed by atoms with Crippen molar-refractivity contribution in [2.45, 2.75) is 44.8 Å². The molecule has 0 amide bonds. The molecule has 0 saturated carbocycles. The van der Waals surface area contributed by atoms with Gasteiger partial charge in [-0.15, -0.1) is 0 Å². The minimum absolute atomic E-state index is 0.104.